The van der Waals surface area contributed by atoms with Crippen LogP contribution in [0.4, 0.5) is 22.0 Å². The van der Waals surface area contributed by atoms with Gasteiger partial charge in [0.1, 0.15) is 18.0 Å². The Morgan fingerprint density at radius 2 is 1.72 bits per heavy atom. The zero-order chi connectivity index (χ0) is 26.1. The minimum atomic E-state index is -5.23. The van der Waals surface area contributed by atoms with Crippen molar-refractivity contribution >= 4 is 5.97 Å². The summed E-state index contributed by atoms with van der Waals surface area (Å²) >= 11 is 0. The zero-order valence-electron chi connectivity index (χ0n) is 19.7. The van der Waals surface area contributed by atoms with E-state index >= 15 is 8.78 Å². The van der Waals surface area contributed by atoms with Crippen LogP contribution in [0.25, 0.3) is 22.5 Å². The van der Waals surface area contributed by atoms with E-state index in [0.29, 0.717) is 42.6 Å². The number of carbonyl (C=O) groups is 1. The van der Waals surface area contributed by atoms with Crippen molar-refractivity contribution in [3.05, 3.63) is 59.9 Å². The van der Waals surface area contributed by atoms with Gasteiger partial charge < -0.3 is 4.84 Å². The smallest absolute Gasteiger partial charge is 0.360 e. The first kappa shape index (κ1) is 25.7. The third-order valence-electron chi connectivity index (χ3n) is 6.49. The first-order chi connectivity index (χ1) is 16.9. The molecule has 0 spiro atoms. The number of nitrogens with one attached hydrogen (secondary N) is 1. The SMILES string of the molecule is CC1(C)CCC(N(Cc2c(F)cc(-c3cccc(-c4ncn[nH]4)c3)cc2F)OC(=O)C(F)(F)F)CC1. The molecular weight excluding hydrogens is 483 g/mol. The summed E-state index contributed by atoms with van der Waals surface area (Å²) in [5.74, 6) is -3.86. The van der Waals surface area contributed by atoms with Crippen molar-refractivity contribution in [1.82, 2.24) is 20.2 Å². The number of aromatic amines is 1. The molecule has 1 N–H and O–H groups in total. The molecule has 3 aromatic rings. The summed E-state index contributed by atoms with van der Waals surface area (Å²) < 4.78 is 69.0. The summed E-state index contributed by atoms with van der Waals surface area (Å²) in [6.07, 6.45) is -1.71. The molecule has 0 unspecified atom stereocenters. The Hall–Kier alpha value is -3.34. The molecule has 0 bridgehead atoms. The lowest BCUT2D eigenvalue weighted by Crippen LogP contribution is -2.43. The second-order valence-electron chi connectivity index (χ2n) is 9.68. The molecule has 2 aromatic carbocycles. The maximum Gasteiger partial charge on any atom is 0.492 e. The fraction of sp³-hybridized carbons (Fsp3) is 0.400. The third kappa shape index (κ3) is 5.89. The van der Waals surface area contributed by atoms with Gasteiger partial charge in [0.25, 0.3) is 0 Å². The summed E-state index contributed by atoms with van der Waals surface area (Å²) in [5.41, 5.74) is 0.885. The highest BCUT2D eigenvalue weighted by molar-refractivity contribution is 5.75. The van der Waals surface area contributed by atoms with Crippen molar-refractivity contribution in [2.45, 2.75) is 58.3 Å². The van der Waals surface area contributed by atoms with Crippen LogP contribution in [-0.4, -0.2) is 38.4 Å². The molecule has 1 fully saturated rings. The van der Waals surface area contributed by atoms with Crippen LogP contribution in [-0.2, 0) is 16.2 Å². The maximum absolute atomic E-state index is 15.1. The number of hydrogen-bond acceptors (Lipinski definition) is 5. The molecular formula is C25H25F5N4O2. The molecule has 11 heteroatoms. The van der Waals surface area contributed by atoms with Crippen LogP contribution in [0.1, 0.15) is 45.1 Å². The lowest BCUT2D eigenvalue weighted by molar-refractivity contribution is -0.252. The van der Waals surface area contributed by atoms with Gasteiger partial charge >= 0.3 is 12.1 Å². The minimum absolute atomic E-state index is 0.0192. The van der Waals surface area contributed by atoms with E-state index in [2.05, 4.69) is 20.0 Å². The van der Waals surface area contributed by atoms with Gasteiger partial charge in [-0.25, -0.2) is 18.6 Å². The summed E-state index contributed by atoms with van der Waals surface area (Å²) in [7, 11) is 0. The predicted octanol–water partition coefficient (Wildman–Crippen LogP) is 6.21. The largest absolute Gasteiger partial charge is 0.492 e. The van der Waals surface area contributed by atoms with E-state index in [-0.39, 0.29) is 11.0 Å². The fourth-order valence-electron chi connectivity index (χ4n) is 4.33. The van der Waals surface area contributed by atoms with E-state index in [1.54, 1.807) is 24.3 Å². The van der Waals surface area contributed by atoms with Gasteiger partial charge in [0.2, 0.25) is 0 Å². The lowest BCUT2D eigenvalue weighted by Gasteiger charge is -2.39. The number of benzene rings is 2. The third-order valence-corrected chi connectivity index (χ3v) is 6.49. The number of rotatable bonds is 6. The molecule has 1 saturated carbocycles. The van der Waals surface area contributed by atoms with Crippen molar-refractivity contribution < 1.29 is 31.6 Å². The molecule has 1 aliphatic carbocycles. The topological polar surface area (TPSA) is 71.1 Å². The molecule has 192 valence electrons. The van der Waals surface area contributed by atoms with E-state index in [1.165, 1.54) is 6.33 Å². The monoisotopic (exact) mass is 508 g/mol. The standard InChI is InChI=1S/C25H25F5N4O2/c1-24(2)8-6-18(7-9-24)34(36-23(35)25(28,29)30)13-19-20(26)11-17(12-21(19)27)15-4-3-5-16(10-15)22-31-14-32-33-22/h3-5,10-12,14,18H,6-9,13H2,1-2H3,(H,31,32,33). The molecule has 0 aliphatic heterocycles. The average Bonchev–Trinajstić information content (AvgIpc) is 3.35. The molecule has 0 amide bonds. The predicted molar refractivity (Wildman–Crippen MR) is 121 cm³/mol. The highest BCUT2D eigenvalue weighted by Crippen LogP contribution is 2.38. The van der Waals surface area contributed by atoms with Crippen LogP contribution < -0.4 is 0 Å². The number of hydrogen-bond donors (Lipinski definition) is 1. The van der Waals surface area contributed by atoms with Crippen molar-refractivity contribution in [2.24, 2.45) is 5.41 Å². The van der Waals surface area contributed by atoms with Crippen LogP contribution in [0.2, 0.25) is 0 Å². The van der Waals surface area contributed by atoms with E-state index < -0.39 is 41.9 Å². The number of nitrogens with zero attached hydrogens (tertiary/aromatic N) is 3. The molecule has 4 rings (SSSR count). The Bertz CT molecular complexity index is 1190. The second kappa shape index (κ2) is 9.96. The number of hydroxylamine groups is 2. The molecule has 1 aliphatic rings. The quantitative estimate of drug-likeness (QED) is 0.317. The normalized spacial score (nSPS) is 16.3. The Labute approximate surface area is 204 Å². The average molecular weight is 508 g/mol. The van der Waals surface area contributed by atoms with E-state index in [1.807, 2.05) is 13.8 Å². The number of halogens is 5. The van der Waals surface area contributed by atoms with Gasteiger partial charge in [0.05, 0.1) is 6.54 Å². The summed E-state index contributed by atoms with van der Waals surface area (Å²) in [6, 6.07) is 8.40. The molecule has 0 radical (unpaired) electrons. The highest BCUT2D eigenvalue weighted by Gasteiger charge is 2.44. The van der Waals surface area contributed by atoms with Gasteiger partial charge in [-0.05, 0) is 60.4 Å². The van der Waals surface area contributed by atoms with Crippen LogP contribution in [0.15, 0.2) is 42.7 Å². The van der Waals surface area contributed by atoms with Crippen molar-refractivity contribution in [2.75, 3.05) is 0 Å². The Morgan fingerprint density at radius 3 is 2.31 bits per heavy atom. The van der Waals surface area contributed by atoms with Crippen LogP contribution in [0.3, 0.4) is 0 Å². The fourth-order valence-corrected chi connectivity index (χ4v) is 4.33. The molecule has 36 heavy (non-hydrogen) atoms. The molecule has 6 nitrogen and oxygen atoms in total. The van der Waals surface area contributed by atoms with Gasteiger partial charge in [0, 0.05) is 17.2 Å². The number of alkyl halides is 3. The van der Waals surface area contributed by atoms with Gasteiger partial charge in [-0.15, -0.1) is 5.06 Å². The van der Waals surface area contributed by atoms with E-state index in [0.717, 1.165) is 17.2 Å². The summed E-state index contributed by atoms with van der Waals surface area (Å²) in [6.45, 7) is 3.42. The van der Waals surface area contributed by atoms with Crippen molar-refractivity contribution in [1.29, 1.82) is 0 Å². The number of aromatic nitrogens is 3. The Morgan fingerprint density at radius 1 is 1.08 bits per heavy atom. The summed E-state index contributed by atoms with van der Waals surface area (Å²) in [4.78, 5) is 20.3. The highest BCUT2D eigenvalue weighted by atomic mass is 19.4. The van der Waals surface area contributed by atoms with Crippen LogP contribution >= 0.6 is 0 Å². The van der Waals surface area contributed by atoms with Crippen molar-refractivity contribution in [3.63, 3.8) is 0 Å². The summed E-state index contributed by atoms with van der Waals surface area (Å²) in [5, 5.41) is 7.27. The van der Waals surface area contributed by atoms with Crippen molar-refractivity contribution in [3.8, 4) is 22.5 Å². The van der Waals surface area contributed by atoms with Crippen LogP contribution in [0, 0.1) is 17.0 Å². The van der Waals surface area contributed by atoms with E-state index in [4.69, 9.17) is 0 Å². The van der Waals surface area contributed by atoms with Gasteiger partial charge in [-0.2, -0.15) is 18.3 Å². The van der Waals surface area contributed by atoms with Crippen LogP contribution in [0.5, 0.6) is 0 Å². The number of H-pyrrole nitrogens is 1. The number of carbonyl (C=O) groups excluding carboxylic acids is 1. The minimum Gasteiger partial charge on any atom is -0.360 e. The zero-order valence-corrected chi connectivity index (χ0v) is 19.7. The molecule has 1 heterocycles. The Balaban J connectivity index is 1.61. The lowest BCUT2D eigenvalue weighted by atomic mass is 9.75. The van der Waals surface area contributed by atoms with Gasteiger partial charge in [-0.1, -0.05) is 32.0 Å². The van der Waals surface area contributed by atoms with Gasteiger partial charge in [-0.3, -0.25) is 5.10 Å². The molecule has 0 atom stereocenters. The molecule has 1 aromatic heterocycles. The second-order valence-corrected chi connectivity index (χ2v) is 9.68. The maximum atomic E-state index is 15.1. The van der Waals surface area contributed by atoms with Gasteiger partial charge in [0.15, 0.2) is 5.82 Å². The first-order valence-electron chi connectivity index (χ1n) is 11.4. The molecule has 0 saturated heterocycles. The van der Waals surface area contributed by atoms with E-state index in [9.17, 15) is 18.0 Å². The first-order valence-corrected chi connectivity index (χ1v) is 11.4. The Kier molecular flexibility index (Phi) is 7.12.